The minimum Gasteiger partial charge on any atom is -0.508 e. The SMILES string of the molecule is C=O.CCCCCCCCCc1c(O)ccc(CCCC)c1CCCCC. The predicted octanol–water partition coefficient (Wildman–Crippen LogP) is 7.58. The molecule has 0 saturated carbocycles. The molecule has 0 unspecified atom stereocenters. The lowest BCUT2D eigenvalue weighted by molar-refractivity contribution is -0.0979. The van der Waals surface area contributed by atoms with Crippen molar-refractivity contribution >= 4 is 6.79 Å². The van der Waals surface area contributed by atoms with Gasteiger partial charge in [-0.05, 0) is 61.3 Å². The van der Waals surface area contributed by atoms with Gasteiger partial charge in [-0.25, -0.2) is 0 Å². The summed E-state index contributed by atoms with van der Waals surface area (Å²) in [7, 11) is 0. The second-order valence-corrected chi connectivity index (χ2v) is 7.63. The highest BCUT2D eigenvalue weighted by Crippen LogP contribution is 2.29. The van der Waals surface area contributed by atoms with Crippen molar-refractivity contribution in [2.24, 2.45) is 0 Å². The van der Waals surface area contributed by atoms with E-state index < -0.39 is 0 Å². The molecule has 2 nitrogen and oxygen atoms in total. The van der Waals surface area contributed by atoms with Crippen LogP contribution in [0.4, 0.5) is 0 Å². The molecule has 0 aliphatic heterocycles. The van der Waals surface area contributed by atoms with Crippen LogP contribution in [0.15, 0.2) is 12.1 Å². The van der Waals surface area contributed by atoms with E-state index in [4.69, 9.17) is 4.79 Å². The van der Waals surface area contributed by atoms with Gasteiger partial charge in [0.1, 0.15) is 12.5 Å². The van der Waals surface area contributed by atoms with Gasteiger partial charge in [-0.2, -0.15) is 0 Å². The van der Waals surface area contributed by atoms with E-state index in [1.54, 1.807) is 0 Å². The first-order chi connectivity index (χ1) is 13.2. The molecule has 1 rings (SSSR count). The fraction of sp³-hybridized carbons (Fsp3) is 0.720. The number of carbonyl (C=O) groups is 1. The molecule has 0 atom stereocenters. The van der Waals surface area contributed by atoms with Crippen molar-refractivity contribution in [2.75, 3.05) is 0 Å². The molecule has 1 aromatic carbocycles. The van der Waals surface area contributed by atoms with Gasteiger partial charge in [-0.15, -0.1) is 0 Å². The normalized spacial score (nSPS) is 10.5. The van der Waals surface area contributed by atoms with Crippen molar-refractivity contribution in [2.45, 2.75) is 117 Å². The van der Waals surface area contributed by atoms with Crippen molar-refractivity contribution in [3.8, 4) is 5.75 Å². The van der Waals surface area contributed by atoms with E-state index >= 15 is 0 Å². The first-order valence-corrected chi connectivity index (χ1v) is 11.4. The van der Waals surface area contributed by atoms with Gasteiger partial charge in [0.15, 0.2) is 0 Å². The largest absolute Gasteiger partial charge is 0.508 e. The van der Waals surface area contributed by atoms with Crippen LogP contribution in [0.5, 0.6) is 5.75 Å². The molecule has 2 heteroatoms. The zero-order valence-electron chi connectivity index (χ0n) is 18.3. The van der Waals surface area contributed by atoms with E-state index in [0.29, 0.717) is 5.75 Å². The van der Waals surface area contributed by atoms with Crippen molar-refractivity contribution in [1.29, 1.82) is 0 Å². The molecule has 0 radical (unpaired) electrons. The van der Waals surface area contributed by atoms with Crippen LogP contribution in [0.25, 0.3) is 0 Å². The van der Waals surface area contributed by atoms with Crippen LogP contribution in [0, 0.1) is 0 Å². The number of rotatable bonds is 15. The van der Waals surface area contributed by atoms with Crippen LogP contribution in [-0.2, 0) is 24.1 Å². The third-order valence-corrected chi connectivity index (χ3v) is 5.36. The Kier molecular flexibility index (Phi) is 17.2. The highest BCUT2D eigenvalue weighted by Gasteiger charge is 2.12. The van der Waals surface area contributed by atoms with Gasteiger partial charge < -0.3 is 9.90 Å². The van der Waals surface area contributed by atoms with Crippen molar-refractivity contribution < 1.29 is 9.90 Å². The maximum atomic E-state index is 10.5. The Labute approximate surface area is 168 Å². The number of aromatic hydroxyl groups is 1. The number of benzene rings is 1. The number of carbonyl (C=O) groups excluding carboxylic acids is 1. The Bertz CT molecular complexity index is 468. The van der Waals surface area contributed by atoms with E-state index in [9.17, 15) is 5.11 Å². The minimum atomic E-state index is 0.540. The van der Waals surface area contributed by atoms with Gasteiger partial charge in [0.2, 0.25) is 0 Å². The van der Waals surface area contributed by atoms with Crippen molar-refractivity contribution in [1.82, 2.24) is 0 Å². The molecule has 156 valence electrons. The van der Waals surface area contributed by atoms with Gasteiger partial charge in [0.05, 0.1) is 0 Å². The summed E-state index contributed by atoms with van der Waals surface area (Å²) in [6.07, 6.45) is 19.0. The molecular formula is C25H44O2. The van der Waals surface area contributed by atoms with E-state index in [1.807, 2.05) is 12.9 Å². The zero-order chi connectivity index (χ0) is 20.3. The Morgan fingerprint density at radius 2 is 1.11 bits per heavy atom. The standard InChI is InChI=1S/C24H42O.CH2O/c1-4-7-10-11-12-13-15-18-23-22(17-14-8-5-2)21(16-9-6-3)19-20-24(23)25;1-2/h19-20,25H,4-18H2,1-3H3;1H2. The summed E-state index contributed by atoms with van der Waals surface area (Å²) in [5.74, 6) is 0.540. The van der Waals surface area contributed by atoms with Crippen molar-refractivity contribution in [3.63, 3.8) is 0 Å². The maximum Gasteiger partial charge on any atom is 0.119 e. The Balaban J connectivity index is 0.00000326. The summed E-state index contributed by atoms with van der Waals surface area (Å²) in [4.78, 5) is 8.00. The van der Waals surface area contributed by atoms with E-state index in [0.717, 1.165) is 12.8 Å². The number of phenolic OH excluding ortho intramolecular Hbond substituents is 1. The summed E-state index contributed by atoms with van der Waals surface area (Å²) < 4.78 is 0. The fourth-order valence-electron chi connectivity index (χ4n) is 3.73. The van der Waals surface area contributed by atoms with E-state index in [1.165, 1.54) is 100 Å². The summed E-state index contributed by atoms with van der Waals surface area (Å²) in [6.45, 7) is 8.80. The molecule has 1 N–H and O–H groups in total. The molecule has 0 aliphatic rings. The fourth-order valence-corrected chi connectivity index (χ4v) is 3.73. The molecule has 0 spiro atoms. The second-order valence-electron chi connectivity index (χ2n) is 7.63. The van der Waals surface area contributed by atoms with Crippen LogP contribution in [0.1, 0.15) is 115 Å². The van der Waals surface area contributed by atoms with Crippen molar-refractivity contribution in [3.05, 3.63) is 28.8 Å². The molecule has 0 saturated heterocycles. The molecule has 27 heavy (non-hydrogen) atoms. The van der Waals surface area contributed by atoms with Crippen LogP contribution in [0.2, 0.25) is 0 Å². The van der Waals surface area contributed by atoms with Crippen LogP contribution in [-0.4, -0.2) is 11.9 Å². The minimum absolute atomic E-state index is 0.540. The third-order valence-electron chi connectivity index (χ3n) is 5.36. The average molecular weight is 377 g/mol. The number of phenols is 1. The molecule has 1 aromatic rings. The average Bonchev–Trinajstić information content (AvgIpc) is 2.70. The number of hydrogen-bond donors (Lipinski definition) is 1. The van der Waals surface area contributed by atoms with Gasteiger partial charge in [0.25, 0.3) is 0 Å². The first kappa shape index (κ1) is 25.7. The Morgan fingerprint density at radius 1 is 0.630 bits per heavy atom. The lowest BCUT2D eigenvalue weighted by atomic mass is 9.90. The molecule has 0 aromatic heterocycles. The highest BCUT2D eigenvalue weighted by molar-refractivity contribution is 5.45. The number of unbranched alkanes of at least 4 members (excludes halogenated alkanes) is 9. The summed E-state index contributed by atoms with van der Waals surface area (Å²) in [6, 6.07) is 4.13. The first-order valence-electron chi connectivity index (χ1n) is 11.4. The van der Waals surface area contributed by atoms with E-state index in [2.05, 4.69) is 26.8 Å². The summed E-state index contributed by atoms with van der Waals surface area (Å²) >= 11 is 0. The summed E-state index contributed by atoms with van der Waals surface area (Å²) in [5.41, 5.74) is 4.24. The smallest absolute Gasteiger partial charge is 0.119 e. The zero-order valence-corrected chi connectivity index (χ0v) is 18.3. The highest BCUT2D eigenvalue weighted by atomic mass is 16.3. The molecule has 0 bridgehead atoms. The second kappa shape index (κ2) is 18.1. The molecule has 0 aliphatic carbocycles. The van der Waals surface area contributed by atoms with Gasteiger partial charge >= 0.3 is 0 Å². The van der Waals surface area contributed by atoms with Gasteiger partial charge in [0, 0.05) is 0 Å². The quantitative estimate of drug-likeness (QED) is 0.320. The predicted molar refractivity (Wildman–Crippen MR) is 119 cm³/mol. The van der Waals surface area contributed by atoms with Crippen LogP contribution >= 0.6 is 0 Å². The lowest BCUT2D eigenvalue weighted by Crippen LogP contribution is -2.02. The number of hydrogen-bond acceptors (Lipinski definition) is 2. The summed E-state index contributed by atoms with van der Waals surface area (Å²) in [5, 5.41) is 10.5. The Hall–Kier alpha value is -1.31. The van der Waals surface area contributed by atoms with E-state index in [-0.39, 0.29) is 0 Å². The lowest BCUT2D eigenvalue weighted by Gasteiger charge is -2.17. The molecule has 0 heterocycles. The van der Waals surface area contributed by atoms with Gasteiger partial charge in [-0.3, -0.25) is 0 Å². The molecule has 0 fully saturated rings. The molecule has 0 amide bonds. The monoisotopic (exact) mass is 376 g/mol. The number of aryl methyl sites for hydroxylation is 1. The van der Waals surface area contributed by atoms with Crippen LogP contribution in [0.3, 0.4) is 0 Å². The topological polar surface area (TPSA) is 37.3 Å². The van der Waals surface area contributed by atoms with Gasteiger partial charge in [-0.1, -0.05) is 84.6 Å². The molecular weight excluding hydrogens is 332 g/mol. The Morgan fingerprint density at radius 3 is 1.74 bits per heavy atom. The third kappa shape index (κ3) is 11.2. The van der Waals surface area contributed by atoms with Crippen LogP contribution < -0.4 is 0 Å². The maximum absolute atomic E-state index is 10.5.